The second-order valence-corrected chi connectivity index (χ2v) is 5.02. The summed E-state index contributed by atoms with van der Waals surface area (Å²) in [6.45, 7) is 1.39. The lowest BCUT2D eigenvalue weighted by atomic mass is 9.98. The second-order valence-electron chi connectivity index (χ2n) is 4.61. The lowest BCUT2D eigenvalue weighted by Gasteiger charge is -2.32. The van der Waals surface area contributed by atoms with Crippen LogP contribution in [0.15, 0.2) is 18.2 Å². The van der Waals surface area contributed by atoms with Gasteiger partial charge >= 0.3 is 0 Å². The summed E-state index contributed by atoms with van der Waals surface area (Å²) in [5.41, 5.74) is 0.469. The minimum atomic E-state index is -0.102. The highest BCUT2D eigenvalue weighted by atomic mass is 35.5. The van der Waals surface area contributed by atoms with Crippen LogP contribution < -0.4 is 0 Å². The van der Waals surface area contributed by atoms with E-state index in [2.05, 4.69) is 0 Å². The summed E-state index contributed by atoms with van der Waals surface area (Å²) in [7, 11) is 0. The van der Waals surface area contributed by atoms with Crippen LogP contribution in [0.1, 0.15) is 23.2 Å². The molecule has 1 fully saturated rings. The van der Waals surface area contributed by atoms with Crippen LogP contribution in [-0.2, 0) is 0 Å². The monoisotopic (exact) mass is 269 g/mol. The molecule has 0 radical (unpaired) electrons. The maximum absolute atomic E-state index is 12.2. The number of carbonyl (C=O) groups is 1. The number of likely N-dealkylation sites (tertiary alicyclic amines) is 1. The lowest BCUT2D eigenvalue weighted by molar-refractivity contribution is 0.0620. The smallest absolute Gasteiger partial charge is 0.253 e. The molecule has 4 nitrogen and oxygen atoms in total. The quantitative estimate of drug-likeness (QED) is 0.862. The SMILES string of the molecule is O=C(c1ccc(O)c(Cl)c1)N1CCCC(CO)C1. The first-order valence-electron chi connectivity index (χ1n) is 6.00. The lowest BCUT2D eigenvalue weighted by Crippen LogP contribution is -2.40. The van der Waals surface area contributed by atoms with Gasteiger partial charge in [-0.05, 0) is 37.0 Å². The number of halogens is 1. The van der Waals surface area contributed by atoms with Crippen molar-refractivity contribution >= 4 is 17.5 Å². The van der Waals surface area contributed by atoms with Gasteiger partial charge in [0.25, 0.3) is 5.91 Å². The van der Waals surface area contributed by atoms with Crippen molar-refractivity contribution < 1.29 is 15.0 Å². The largest absolute Gasteiger partial charge is 0.506 e. The van der Waals surface area contributed by atoms with Crippen molar-refractivity contribution in [3.05, 3.63) is 28.8 Å². The van der Waals surface area contributed by atoms with Crippen molar-refractivity contribution in [2.75, 3.05) is 19.7 Å². The number of piperidine rings is 1. The third-order valence-electron chi connectivity index (χ3n) is 3.26. The van der Waals surface area contributed by atoms with Gasteiger partial charge in [0.2, 0.25) is 0 Å². The molecular weight excluding hydrogens is 254 g/mol. The summed E-state index contributed by atoms with van der Waals surface area (Å²) in [6.07, 6.45) is 1.86. The Bertz CT molecular complexity index is 450. The van der Waals surface area contributed by atoms with Crippen LogP contribution in [0.4, 0.5) is 0 Å². The Morgan fingerprint density at radius 3 is 2.94 bits per heavy atom. The predicted octanol–water partition coefficient (Wildman–Crippen LogP) is 1.89. The maximum Gasteiger partial charge on any atom is 0.253 e. The standard InChI is InChI=1S/C13H16ClNO3/c14-11-6-10(3-4-12(11)17)13(18)15-5-1-2-9(7-15)8-16/h3-4,6,9,16-17H,1-2,5,7-8H2. The number of hydrogen-bond donors (Lipinski definition) is 2. The normalized spacial score (nSPS) is 19.9. The zero-order chi connectivity index (χ0) is 13.1. The van der Waals surface area contributed by atoms with Gasteiger partial charge in [-0.3, -0.25) is 4.79 Å². The summed E-state index contributed by atoms with van der Waals surface area (Å²) in [5.74, 6) is 0.0328. The molecule has 0 bridgehead atoms. The molecule has 5 heteroatoms. The molecule has 1 aromatic carbocycles. The van der Waals surface area contributed by atoms with Gasteiger partial charge in [0.1, 0.15) is 5.75 Å². The zero-order valence-corrected chi connectivity index (χ0v) is 10.7. The number of nitrogens with zero attached hydrogens (tertiary/aromatic N) is 1. The number of carbonyl (C=O) groups excluding carboxylic acids is 1. The number of phenols is 1. The van der Waals surface area contributed by atoms with E-state index >= 15 is 0 Å². The molecule has 98 valence electrons. The number of amides is 1. The Labute approximate surface area is 111 Å². The van der Waals surface area contributed by atoms with E-state index in [1.165, 1.54) is 12.1 Å². The number of rotatable bonds is 2. The Kier molecular flexibility index (Phi) is 4.09. The fourth-order valence-electron chi connectivity index (χ4n) is 2.22. The average Bonchev–Trinajstić information content (AvgIpc) is 2.41. The van der Waals surface area contributed by atoms with E-state index in [4.69, 9.17) is 16.7 Å². The summed E-state index contributed by atoms with van der Waals surface area (Å²) in [4.78, 5) is 14.0. The van der Waals surface area contributed by atoms with E-state index in [0.29, 0.717) is 18.7 Å². The number of aliphatic hydroxyl groups is 1. The first-order chi connectivity index (χ1) is 8.61. The number of phenolic OH excluding ortho intramolecular Hbond substituents is 1. The number of hydrogen-bond acceptors (Lipinski definition) is 3. The zero-order valence-electron chi connectivity index (χ0n) is 9.97. The van der Waals surface area contributed by atoms with Crippen molar-refractivity contribution in [2.45, 2.75) is 12.8 Å². The van der Waals surface area contributed by atoms with Gasteiger partial charge in [-0.2, -0.15) is 0 Å². The molecule has 2 rings (SSSR count). The molecule has 18 heavy (non-hydrogen) atoms. The Morgan fingerprint density at radius 1 is 1.50 bits per heavy atom. The van der Waals surface area contributed by atoms with Crippen LogP contribution in [-0.4, -0.2) is 40.7 Å². The molecule has 1 aliphatic heterocycles. The molecule has 1 aromatic rings. The number of aromatic hydroxyl groups is 1. The van der Waals surface area contributed by atoms with Crippen LogP contribution in [0.2, 0.25) is 5.02 Å². The van der Waals surface area contributed by atoms with E-state index in [0.717, 1.165) is 12.8 Å². The summed E-state index contributed by atoms with van der Waals surface area (Å²) in [6, 6.07) is 4.46. The van der Waals surface area contributed by atoms with Gasteiger partial charge in [-0.15, -0.1) is 0 Å². The van der Waals surface area contributed by atoms with Gasteiger partial charge in [0, 0.05) is 25.3 Å². The Hall–Kier alpha value is -1.26. The molecule has 1 saturated heterocycles. The highest BCUT2D eigenvalue weighted by Crippen LogP contribution is 2.25. The Morgan fingerprint density at radius 2 is 2.28 bits per heavy atom. The second kappa shape index (κ2) is 5.59. The van der Waals surface area contributed by atoms with Crippen molar-refractivity contribution in [2.24, 2.45) is 5.92 Å². The molecule has 1 amide bonds. The molecule has 0 saturated carbocycles. The molecule has 0 aliphatic carbocycles. The van der Waals surface area contributed by atoms with E-state index in [1.54, 1.807) is 11.0 Å². The molecule has 1 aliphatic rings. The summed E-state index contributed by atoms with van der Waals surface area (Å²) < 4.78 is 0. The minimum Gasteiger partial charge on any atom is -0.506 e. The van der Waals surface area contributed by atoms with Crippen LogP contribution in [0, 0.1) is 5.92 Å². The van der Waals surface area contributed by atoms with Crippen molar-refractivity contribution in [1.29, 1.82) is 0 Å². The van der Waals surface area contributed by atoms with Crippen molar-refractivity contribution in [3.8, 4) is 5.75 Å². The first-order valence-corrected chi connectivity index (χ1v) is 6.38. The third kappa shape index (κ3) is 2.76. The summed E-state index contributed by atoms with van der Waals surface area (Å²) >= 11 is 5.79. The highest BCUT2D eigenvalue weighted by molar-refractivity contribution is 6.32. The third-order valence-corrected chi connectivity index (χ3v) is 3.56. The molecule has 1 atom stereocenters. The topological polar surface area (TPSA) is 60.8 Å². The van der Waals surface area contributed by atoms with Gasteiger partial charge in [0.15, 0.2) is 0 Å². The highest BCUT2D eigenvalue weighted by Gasteiger charge is 2.24. The molecule has 1 unspecified atom stereocenters. The van der Waals surface area contributed by atoms with E-state index in [-0.39, 0.29) is 29.2 Å². The van der Waals surface area contributed by atoms with E-state index < -0.39 is 0 Å². The molecule has 0 aromatic heterocycles. The number of benzene rings is 1. The fourth-order valence-corrected chi connectivity index (χ4v) is 2.40. The number of aliphatic hydroxyl groups excluding tert-OH is 1. The van der Waals surface area contributed by atoms with Gasteiger partial charge in [-0.25, -0.2) is 0 Å². The first kappa shape index (κ1) is 13.2. The van der Waals surface area contributed by atoms with Crippen molar-refractivity contribution in [1.82, 2.24) is 4.90 Å². The van der Waals surface area contributed by atoms with Crippen molar-refractivity contribution in [3.63, 3.8) is 0 Å². The van der Waals surface area contributed by atoms with Crippen LogP contribution in [0.3, 0.4) is 0 Å². The minimum absolute atomic E-state index is 0.0277. The van der Waals surface area contributed by atoms with Crippen LogP contribution in [0.25, 0.3) is 0 Å². The van der Waals surface area contributed by atoms with Gasteiger partial charge in [-0.1, -0.05) is 11.6 Å². The molecule has 1 heterocycles. The van der Waals surface area contributed by atoms with E-state index in [9.17, 15) is 9.90 Å². The molecule has 2 N–H and O–H groups in total. The average molecular weight is 270 g/mol. The van der Waals surface area contributed by atoms with Crippen LogP contribution >= 0.6 is 11.6 Å². The van der Waals surface area contributed by atoms with E-state index in [1.807, 2.05) is 0 Å². The van der Waals surface area contributed by atoms with Gasteiger partial charge < -0.3 is 15.1 Å². The molecule has 0 spiro atoms. The predicted molar refractivity (Wildman–Crippen MR) is 68.8 cm³/mol. The molecular formula is C13H16ClNO3. The fraction of sp³-hybridized carbons (Fsp3) is 0.462. The Balaban J connectivity index is 2.12. The van der Waals surface area contributed by atoms with Gasteiger partial charge in [0.05, 0.1) is 5.02 Å². The van der Waals surface area contributed by atoms with Crippen LogP contribution in [0.5, 0.6) is 5.75 Å². The maximum atomic E-state index is 12.2. The summed E-state index contributed by atoms with van der Waals surface area (Å²) in [5, 5.41) is 18.7.